The van der Waals surface area contributed by atoms with Crippen molar-refractivity contribution in [1.82, 2.24) is 15.0 Å². The van der Waals surface area contributed by atoms with Gasteiger partial charge in [-0.05, 0) is 43.7 Å². The molecule has 3 heterocycles. The third kappa shape index (κ3) is 3.17. The fraction of sp³-hybridized carbons (Fsp3) is 0.167. The molecule has 0 aliphatic rings. The van der Waals surface area contributed by atoms with Gasteiger partial charge >= 0.3 is 0 Å². The van der Waals surface area contributed by atoms with Crippen LogP contribution in [0.4, 0.5) is 10.2 Å². The van der Waals surface area contributed by atoms with Crippen molar-refractivity contribution in [2.45, 2.75) is 24.8 Å². The van der Waals surface area contributed by atoms with Crippen molar-refractivity contribution < 1.29 is 8.81 Å². The van der Waals surface area contributed by atoms with E-state index in [1.54, 1.807) is 29.7 Å². The second-order valence-electron chi connectivity index (χ2n) is 5.77. The monoisotopic (exact) mass is 386 g/mol. The maximum absolute atomic E-state index is 13.0. The Bertz CT molecular complexity index is 1090. The number of halogens is 1. The van der Waals surface area contributed by atoms with Crippen LogP contribution in [-0.4, -0.2) is 15.0 Å². The highest BCUT2D eigenvalue weighted by Crippen LogP contribution is 2.33. The van der Waals surface area contributed by atoms with Gasteiger partial charge in [-0.1, -0.05) is 11.8 Å². The van der Waals surface area contributed by atoms with Gasteiger partial charge in [-0.3, -0.25) is 0 Å². The van der Waals surface area contributed by atoms with E-state index >= 15 is 0 Å². The first-order valence-corrected chi connectivity index (χ1v) is 9.68. The zero-order valence-corrected chi connectivity index (χ0v) is 15.7. The molecule has 5 nitrogen and oxygen atoms in total. The molecule has 4 aromatic rings. The lowest BCUT2D eigenvalue weighted by Gasteiger charge is -2.02. The average molecular weight is 386 g/mol. The number of nitrogens with zero attached hydrogens (tertiary/aromatic N) is 3. The summed E-state index contributed by atoms with van der Waals surface area (Å²) in [6.45, 7) is 4.09. The summed E-state index contributed by atoms with van der Waals surface area (Å²) in [4.78, 5) is 15.4. The maximum Gasteiger partial charge on any atom is 0.256 e. The second-order valence-corrected chi connectivity index (χ2v) is 7.90. The fourth-order valence-electron chi connectivity index (χ4n) is 2.59. The lowest BCUT2D eigenvalue weighted by molar-refractivity contribution is 0.466. The highest BCUT2D eigenvalue weighted by Gasteiger charge is 2.14. The molecule has 1 aromatic carbocycles. The number of thioether (sulfide) groups is 1. The van der Waals surface area contributed by atoms with Crippen LogP contribution in [0.5, 0.6) is 0 Å². The molecular weight excluding hydrogens is 371 g/mol. The Morgan fingerprint density at radius 1 is 1.19 bits per heavy atom. The molecule has 26 heavy (non-hydrogen) atoms. The molecule has 2 N–H and O–H groups in total. The summed E-state index contributed by atoms with van der Waals surface area (Å²) in [5, 5.41) is 1.45. The van der Waals surface area contributed by atoms with E-state index in [1.165, 1.54) is 28.8 Å². The predicted octanol–water partition coefficient (Wildman–Crippen LogP) is 4.98. The smallest absolute Gasteiger partial charge is 0.256 e. The summed E-state index contributed by atoms with van der Waals surface area (Å²) >= 11 is 3.01. The lowest BCUT2D eigenvalue weighted by atomic mass is 10.2. The van der Waals surface area contributed by atoms with Crippen molar-refractivity contribution in [3.05, 3.63) is 52.5 Å². The third-order valence-corrected chi connectivity index (χ3v) is 5.98. The summed E-state index contributed by atoms with van der Waals surface area (Å²) in [5.41, 5.74) is 8.02. The summed E-state index contributed by atoms with van der Waals surface area (Å²) in [6.07, 6.45) is 1.62. The summed E-state index contributed by atoms with van der Waals surface area (Å²) in [6, 6.07) is 6.09. The standard InChI is InChI=1S/C18H15FN4OS2/c1-9-10(2)26-17-15(9)16(20)22-14(23-17)8-25-18-21-7-13(24-18)11-3-5-12(19)6-4-11/h3-7H,8H2,1-2H3,(H2,20,22,23). The molecule has 8 heteroatoms. The van der Waals surface area contributed by atoms with Crippen LogP contribution in [0.3, 0.4) is 0 Å². The van der Waals surface area contributed by atoms with Crippen molar-refractivity contribution in [2.24, 2.45) is 0 Å². The van der Waals surface area contributed by atoms with Crippen LogP contribution >= 0.6 is 23.1 Å². The largest absolute Gasteiger partial charge is 0.431 e. The van der Waals surface area contributed by atoms with E-state index in [2.05, 4.69) is 21.9 Å². The summed E-state index contributed by atoms with van der Waals surface area (Å²) < 4.78 is 18.7. The molecule has 0 bridgehead atoms. The topological polar surface area (TPSA) is 77.8 Å². The number of aromatic nitrogens is 3. The van der Waals surface area contributed by atoms with Crippen LogP contribution in [0, 0.1) is 19.7 Å². The van der Waals surface area contributed by atoms with Gasteiger partial charge in [0.2, 0.25) is 0 Å². The Labute approximate surface area is 157 Å². The number of fused-ring (bicyclic) bond motifs is 1. The van der Waals surface area contributed by atoms with Gasteiger partial charge in [-0.2, -0.15) is 0 Å². The van der Waals surface area contributed by atoms with E-state index in [-0.39, 0.29) is 5.82 Å². The minimum atomic E-state index is -0.285. The second kappa shape index (κ2) is 6.69. The molecule has 0 radical (unpaired) electrons. The van der Waals surface area contributed by atoms with Crippen molar-refractivity contribution in [3.63, 3.8) is 0 Å². The zero-order valence-electron chi connectivity index (χ0n) is 14.1. The number of oxazole rings is 1. The number of thiophene rings is 1. The van der Waals surface area contributed by atoms with E-state index in [9.17, 15) is 4.39 Å². The molecule has 0 unspecified atom stereocenters. The summed E-state index contributed by atoms with van der Waals surface area (Å²) in [7, 11) is 0. The van der Waals surface area contributed by atoms with Crippen molar-refractivity contribution in [2.75, 3.05) is 5.73 Å². The Hall–Kier alpha value is -2.45. The number of benzene rings is 1. The van der Waals surface area contributed by atoms with Gasteiger partial charge in [0.25, 0.3) is 5.22 Å². The van der Waals surface area contributed by atoms with Gasteiger partial charge in [0.1, 0.15) is 22.3 Å². The first kappa shape index (κ1) is 17.0. The van der Waals surface area contributed by atoms with Crippen molar-refractivity contribution in [3.8, 4) is 11.3 Å². The zero-order chi connectivity index (χ0) is 18.3. The normalized spacial score (nSPS) is 11.3. The van der Waals surface area contributed by atoms with Crippen LogP contribution in [0.25, 0.3) is 21.5 Å². The minimum Gasteiger partial charge on any atom is -0.431 e. The molecule has 0 aliphatic heterocycles. The number of anilines is 1. The highest BCUT2D eigenvalue weighted by atomic mass is 32.2. The Balaban J connectivity index is 1.52. The van der Waals surface area contributed by atoms with Crippen molar-refractivity contribution >= 4 is 39.1 Å². The number of hydrogen-bond acceptors (Lipinski definition) is 7. The van der Waals surface area contributed by atoms with Crippen LogP contribution in [-0.2, 0) is 5.75 Å². The van der Waals surface area contributed by atoms with Gasteiger partial charge in [-0.15, -0.1) is 11.3 Å². The van der Waals surface area contributed by atoms with Crippen LogP contribution in [0.15, 0.2) is 40.1 Å². The molecule has 0 fully saturated rings. The highest BCUT2D eigenvalue weighted by molar-refractivity contribution is 7.98. The first-order chi connectivity index (χ1) is 12.5. The number of nitrogens with two attached hydrogens (primary N) is 1. The van der Waals surface area contributed by atoms with Gasteiger partial charge in [0.05, 0.1) is 17.3 Å². The Morgan fingerprint density at radius 2 is 1.96 bits per heavy atom. The van der Waals surface area contributed by atoms with Gasteiger partial charge in [-0.25, -0.2) is 19.3 Å². The molecule has 4 rings (SSSR count). The van der Waals surface area contributed by atoms with Crippen molar-refractivity contribution in [1.29, 1.82) is 0 Å². The minimum absolute atomic E-state index is 0.285. The molecule has 0 saturated heterocycles. The van der Waals surface area contributed by atoms with E-state index in [1.807, 2.05) is 6.92 Å². The van der Waals surface area contributed by atoms with E-state index in [0.717, 1.165) is 21.3 Å². The van der Waals surface area contributed by atoms with E-state index < -0.39 is 0 Å². The van der Waals surface area contributed by atoms with Gasteiger partial charge < -0.3 is 10.2 Å². The molecule has 0 saturated carbocycles. The van der Waals surface area contributed by atoms with Crippen LogP contribution in [0.1, 0.15) is 16.3 Å². The van der Waals surface area contributed by atoms with Crippen LogP contribution in [0.2, 0.25) is 0 Å². The molecule has 0 spiro atoms. The lowest BCUT2D eigenvalue weighted by Crippen LogP contribution is -1.99. The number of aryl methyl sites for hydroxylation is 2. The first-order valence-electron chi connectivity index (χ1n) is 7.88. The number of hydrogen-bond donors (Lipinski definition) is 1. The molecular formula is C18H15FN4OS2. The summed E-state index contributed by atoms with van der Waals surface area (Å²) in [5.74, 6) is 1.95. The average Bonchev–Trinajstić information content (AvgIpc) is 3.19. The molecule has 132 valence electrons. The van der Waals surface area contributed by atoms with Gasteiger partial charge in [0.15, 0.2) is 5.76 Å². The Morgan fingerprint density at radius 3 is 2.73 bits per heavy atom. The predicted molar refractivity (Wildman–Crippen MR) is 103 cm³/mol. The maximum atomic E-state index is 13.0. The Kier molecular flexibility index (Phi) is 4.37. The van der Waals surface area contributed by atoms with Gasteiger partial charge in [0, 0.05) is 10.4 Å². The third-order valence-electron chi connectivity index (χ3n) is 4.04. The van der Waals surface area contributed by atoms with Crippen LogP contribution < -0.4 is 5.73 Å². The molecule has 3 aromatic heterocycles. The van der Waals surface area contributed by atoms with E-state index in [4.69, 9.17) is 10.2 Å². The number of rotatable bonds is 4. The van der Waals surface area contributed by atoms with E-state index in [0.29, 0.717) is 28.4 Å². The number of nitrogen functional groups attached to an aromatic ring is 1. The molecule has 0 aliphatic carbocycles. The SMILES string of the molecule is Cc1sc2nc(CSc3ncc(-c4ccc(F)cc4)o3)nc(N)c2c1C. The molecule has 0 atom stereocenters. The fourth-order valence-corrected chi connectivity index (χ4v) is 4.30. The molecule has 0 amide bonds. The quantitative estimate of drug-likeness (QED) is 0.499.